The predicted molar refractivity (Wildman–Crippen MR) is 119 cm³/mol. The molecule has 1 saturated heterocycles. The molecular weight excluding hydrogens is 380 g/mol. The Kier molecular flexibility index (Phi) is 12.2. The Labute approximate surface area is 181 Å². The molecule has 0 spiro atoms. The molecule has 170 valence electrons. The summed E-state index contributed by atoms with van der Waals surface area (Å²) in [6.07, 6.45) is 15.4. The van der Waals surface area contributed by atoms with Crippen LogP contribution in [0.4, 0.5) is 5.82 Å². The van der Waals surface area contributed by atoms with Gasteiger partial charge in [0, 0.05) is 25.6 Å². The maximum Gasteiger partial charge on any atom is 0.245 e. The third-order valence-electron chi connectivity index (χ3n) is 5.77. The van der Waals surface area contributed by atoms with E-state index in [-0.39, 0.29) is 18.4 Å². The average Bonchev–Trinajstić information content (AvgIpc) is 3.44. The second-order valence-electron chi connectivity index (χ2n) is 8.38. The van der Waals surface area contributed by atoms with Crippen molar-refractivity contribution < 1.29 is 14.1 Å². The molecule has 0 radical (unpaired) electrons. The van der Waals surface area contributed by atoms with Crippen molar-refractivity contribution in [3.05, 3.63) is 12.3 Å². The van der Waals surface area contributed by atoms with E-state index in [9.17, 15) is 9.59 Å². The highest BCUT2D eigenvalue weighted by Gasteiger charge is 2.20. The number of anilines is 1. The van der Waals surface area contributed by atoms with Gasteiger partial charge in [0.05, 0.1) is 6.54 Å². The van der Waals surface area contributed by atoms with Crippen molar-refractivity contribution in [3.63, 3.8) is 0 Å². The van der Waals surface area contributed by atoms with Crippen LogP contribution >= 0.6 is 0 Å². The number of hydrogen-bond acceptors (Lipinski definition) is 5. The van der Waals surface area contributed by atoms with Crippen LogP contribution in [0.5, 0.6) is 0 Å². The standard InChI is InChI=1S/C23H40N4O3/c1-2-3-4-5-6-7-8-9-10-13-23(29)27(18-17-26-15-11-12-16-26)20-22(28)24-21-14-19-30-25-21/h14,19H,2-13,15-18,20H2,1H3,(H,24,25,28). The van der Waals surface area contributed by atoms with Crippen LogP contribution in [0.3, 0.4) is 0 Å². The molecule has 30 heavy (non-hydrogen) atoms. The lowest BCUT2D eigenvalue weighted by molar-refractivity contribution is -0.135. The zero-order valence-corrected chi connectivity index (χ0v) is 18.7. The Morgan fingerprint density at radius 1 is 1.07 bits per heavy atom. The fourth-order valence-corrected chi connectivity index (χ4v) is 3.94. The quantitative estimate of drug-likeness (QED) is 0.400. The molecule has 1 aromatic rings. The summed E-state index contributed by atoms with van der Waals surface area (Å²) in [6, 6.07) is 1.59. The highest BCUT2D eigenvalue weighted by Crippen LogP contribution is 2.12. The summed E-state index contributed by atoms with van der Waals surface area (Å²) in [5, 5.41) is 6.39. The van der Waals surface area contributed by atoms with Gasteiger partial charge in [-0.3, -0.25) is 9.59 Å². The molecule has 7 nitrogen and oxygen atoms in total. The predicted octanol–water partition coefficient (Wildman–Crippen LogP) is 4.46. The van der Waals surface area contributed by atoms with Crippen LogP contribution in [-0.2, 0) is 9.59 Å². The van der Waals surface area contributed by atoms with Crippen molar-refractivity contribution in [1.29, 1.82) is 0 Å². The molecule has 1 aliphatic heterocycles. The molecule has 1 fully saturated rings. The first-order valence-corrected chi connectivity index (χ1v) is 11.9. The number of carbonyl (C=O) groups is 2. The van der Waals surface area contributed by atoms with Gasteiger partial charge >= 0.3 is 0 Å². The molecule has 0 bridgehead atoms. The van der Waals surface area contributed by atoms with Crippen molar-refractivity contribution in [3.8, 4) is 0 Å². The Morgan fingerprint density at radius 2 is 1.73 bits per heavy atom. The molecule has 2 rings (SSSR count). The zero-order valence-electron chi connectivity index (χ0n) is 18.7. The van der Waals surface area contributed by atoms with Gasteiger partial charge in [-0.25, -0.2) is 0 Å². The summed E-state index contributed by atoms with van der Waals surface area (Å²) in [6.45, 7) is 5.92. The van der Waals surface area contributed by atoms with Crippen molar-refractivity contribution >= 4 is 17.6 Å². The van der Waals surface area contributed by atoms with Gasteiger partial charge in [0.25, 0.3) is 0 Å². The van der Waals surface area contributed by atoms with Gasteiger partial charge in [0.1, 0.15) is 6.26 Å². The molecule has 1 N–H and O–H groups in total. The molecule has 7 heteroatoms. The van der Waals surface area contributed by atoms with E-state index in [1.165, 1.54) is 64.1 Å². The maximum absolute atomic E-state index is 12.8. The smallest absolute Gasteiger partial charge is 0.245 e. The van der Waals surface area contributed by atoms with E-state index in [1.54, 1.807) is 11.0 Å². The number of likely N-dealkylation sites (tertiary alicyclic amines) is 1. The number of hydrogen-bond donors (Lipinski definition) is 1. The molecule has 0 aliphatic carbocycles. The normalized spacial score (nSPS) is 14.2. The molecule has 1 aliphatic rings. The van der Waals surface area contributed by atoms with Crippen LogP contribution in [-0.4, -0.2) is 59.5 Å². The molecule has 2 heterocycles. The second-order valence-corrected chi connectivity index (χ2v) is 8.38. The summed E-state index contributed by atoms with van der Waals surface area (Å²) in [4.78, 5) is 29.2. The van der Waals surface area contributed by atoms with Crippen LogP contribution in [0, 0.1) is 0 Å². The SMILES string of the molecule is CCCCCCCCCCCC(=O)N(CCN1CCCC1)CC(=O)Nc1ccon1. The van der Waals surface area contributed by atoms with E-state index >= 15 is 0 Å². The van der Waals surface area contributed by atoms with Gasteiger partial charge in [0.2, 0.25) is 11.8 Å². The number of unbranched alkanes of at least 4 members (excludes halogenated alkanes) is 8. The van der Waals surface area contributed by atoms with Gasteiger partial charge < -0.3 is 19.6 Å². The third-order valence-corrected chi connectivity index (χ3v) is 5.77. The van der Waals surface area contributed by atoms with Crippen LogP contribution < -0.4 is 5.32 Å². The minimum Gasteiger partial charge on any atom is -0.363 e. The molecule has 2 amide bonds. The first-order chi connectivity index (χ1) is 14.7. The summed E-state index contributed by atoms with van der Waals surface area (Å²) in [5.41, 5.74) is 0. The number of aromatic nitrogens is 1. The van der Waals surface area contributed by atoms with Crippen molar-refractivity contribution in [2.24, 2.45) is 0 Å². The van der Waals surface area contributed by atoms with Gasteiger partial charge in [0.15, 0.2) is 5.82 Å². The summed E-state index contributed by atoms with van der Waals surface area (Å²) in [7, 11) is 0. The lowest BCUT2D eigenvalue weighted by Crippen LogP contribution is -2.42. The van der Waals surface area contributed by atoms with Gasteiger partial charge in [-0.2, -0.15) is 0 Å². The molecule has 0 aromatic carbocycles. The van der Waals surface area contributed by atoms with E-state index in [2.05, 4.69) is 22.3 Å². The van der Waals surface area contributed by atoms with Crippen LogP contribution in [0.2, 0.25) is 0 Å². The van der Waals surface area contributed by atoms with Crippen LogP contribution in [0.25, 0.3) is 0 Å². The average molecular weight is 421 g/mol. The maximum atomic E-state index is 12.8. The largest absolute Gasteiger partial charge is 0.363 e. The van der Waals surface area contributed by atoms with Gasteiger partial charge in [-0.15, -0.1) is 0 Å². The minimum atomic E-state index is -0.231. The van der Waals surface area contributed by atoms with E-state index in [1.807, 2.05) is 0 Å². The van der Waals surface area contributed by atoms with Crippen molar-refractivity contribution in [2.75, 3.05) is 38.0 Å². The molecule has 0 saturated carbocycles. The lowest BCUT2D eigenvalue weighted by Gasteiger charge is -2.25. The van der Waals surface area contributed by atoms with Crippen molar-refractivity contribution in [2.45, 2.75) is 84.0 Å². The van der Waals surface area contributed by atoms with E-state index < -0.39 is 0 Å². The Bertz CT molecular complexity index is 585. The summed E-state index contributed by atoms with van der Waals surface area (Å²) in [5.74, 6) is 0.226. The minimum absolute atomic E-state index is 0.0664. The zero-order chi connectivity index (χ0) is 21.4. The van der Waals surface area contributed by atoms with Crippen LogP contribution in [0.15, 0.2) is 16.9 Å². The first kappa shape index (κ1) is 24.4. The number of nitrogens with one attached hydrogen (secondary N) is 1. The van der Waals surface area contributed by atoms with E-state index in [0.717, 1.165) is 32.5 Å². The number of nitrogens with zero attached hydrogens (tertiary/aromatic N) is 3. The monoisotopic (exact) mass is 420 g/mol. The highest BCUT2D eigenvalue weighted by molar-refractivity contribution is 5.93. The molecule has 0 unspecified atom stereocenters. The first-order valence-electron chi connectivity index (χ1n) is 11.9. The number of amides is 2. The fraction of sp³-hybridized carbons (Fsp3) is 0.783. The van der Waals surface area contributed by atoms with Gasteiger partial charge in [-0.1, -0.05) is 63.4 Å². The fourth-order valence-electron chi connectivity index (χ4n) is 3.94. The summed E-state index contributed by atoms with van der Waals surface area (Å²) < 4.78 is 4.74. The van der Waals surface area contributed by atoms with E-state index in [0.29, 0.717) is 18.8 Å². The van der Waals surface area contributed by atoms with Crippen LogP contribution in [0.1, 0.15) is 84.0 Å². The topological polar surface area (TPSA) is 78.7 Å². The van der Waals surface area contributed by atoms with E-state index in [4.69, 9.17) is 4.52 Å². The highest BCUT2D eigenvalue weighted by atomic mass is 16.5. The molecular formula is C23H40N4O3. The molecule has 0 atom stereocenters. The lowest BCUT2D eigenvalue weighted by atomic mass is 10.1. The van der Waals surface area contributed by atoms with Gasteiger partial charge in [-0.05, 0) is 32.4 Å². The number of rotatable bonds is 16. The summed E-state index contributed by atoms with van der Waals surface area (Å²) >= 11 is 0. The molecule has 1 aromatic heterocycles. The second kappa shape index (κ2) is 15.0. The number of carbonyl (C=O) groups excluding carboxylic acids is 2. The third kappa shape index (κ3) is 10.2. The Morgan fingerprint density at radius 3 is 2.37 bits per heavy atom. The van der Waals surface area contributed by atoms with Crippen molar-refractivity contribution in [1.82, 2.24) is 15.0 Å². The Hall–Kier alpha value is -1.89. The Balaban J connectivity index is 1.68.